The first-order valence-corrected chi connectivity index (χ1v) is 9.24. The molecule has 0 bridgehead atoms. The maximum Gasteiger partial charge on any atom is 0.198 e. The van der Waals surface area contributed by atoms with Crippen molar-refractivity contribution in [3.63, 3.8) is 0 Å². The van der Waals surface area contributed by atoms with Gasteiger partial charge in [-0.15, -0.1) is 0 Å². The van der Waals surface area contributed by atoms with Crippen LogP contribution in [0.1, 0.15) is 46.0 Å². The maximum absolute atomic E-state index is 12.7. The Kier molecular flexibility index (Phi) is 3.82. The summed E-state index contributed by atoms with van der Waals surface area (Å²) in [7, 11) is -3.28. The van der Waals surface area contributed by atoms with Crippen molar-refractivity contribution in [2.45, 2.75) is 24.5 Å². The number of carbonyl (C=O) groups excluding carboxylic acids is 1. The molecule has 0 saturated heterocycles. The second-order valence-electron chi connectivity index (χ2n) is 5.58. The van der Waals surface area contributed by atoms with E-state index < -0.39 is 9.84 Å². The van der Waals surface area contributed by atoms with Crippen molar-refractivity contribution in [1.82, 2.24) is 5.16 Å². The molecule has 3 rings (SSSR count). The summed E-state index contributed by atoms with van der Waals surface area (Å²) >= 11 is 5.93. The molecule has 1 fully saturated rings. The monoisotopic (exact) mass is 339 g/mol. The van der Waals surface area contributed by atoms with E-state index in [4.69, 9.17) is 16.1 Å². The van der Waals surface area contributed by atoms with Crippen LogP contribution >= 0.6 is 11.6 Å². The molecule has 1 aromatic heterocycles. The van der Waals surface area contributed by atoms with Crippen LogP contribution in [0.5, 0.6) is 0 Å². The maximum atomic E-state index is 12.7. The molecule has 22 heavy (non-hydrogen) atoms. The number of hydrogen-bond donors (Lipinski definition) is 0. The number of halogens is 1. The third-order valence-electron chi connectivity index (χ3n) is 3.52. The van der Waals surface area contributed by atoms with Crippen LogP contribution in [0.4, 0.5) is 0 Å². The summed E-state index contributed by atoms with van der Waals surface area (Å²) in [5.74, 6) is 0.314. The molecule has 0 N–H and O–H groups in total. The number of sulfone groups is 1. The Hall–Kier alpha value is -1.66. The number of rotatable bonds is 5. The second-order valence-corrected chi connectivity index (χ2v) is 8.16. The van der Waals surface area contributed by atoms with Gasteiger partial charge in [-0.2, -0.15) is 0 Å². The van der Waals surface area contributed by atoms with E-state index in [0.29, 0.717) is 27.5 Å². The zero-order valence-electron chi connectivity index (χ0n) is 11.9. The van der Waals surface area contributed by atoms with Crippen molar-refractivity contribution in [3.8, 4) is 0 Å². The van der Waals surface area contributed by atoms with Crippen molar-refractivity contribution in [2.24, 2.45) is 0 Å². The van der Waals surface area contributed by atoms with Crippen molar-refractivity contribution in [2.75, 3.05) is 6.26 Å². The SMILES string of the molecule is CS(=O)(=O)Cc1cc(Cl)ccc1C(=O)c1cnoc1C1CC1. The zero-order valence-corrected chi connectivity index (χ0v) is 13.4. The Bertz CT molecular complexity index is 837. The lowest BCUT2D eigenvalue weighted by Crippen LogP contribution is -2.10. The molecule has 1 aliphatic carbocycles. The van der Waals surface area contributed by atoms with Crippen LogP contribution in [0.15, 0.2) is 28.9 Å². The van der Waals surface area contributed by atoms with Crippen molar-refractivity contribution in [3.05, 3.63) is 51.9 Å². The Morgan fingerprint density at radius 1 is 1.36 bits per heavy atom. The average molecular weight is 340 g/mol. The number of aromatic nitrogens is 1. The minimum absolute atomic E-state index is 0.237. The van der Waals surface area contributed by atoms with Crippen LogP contribution < -0.4 is 0 Å². The molecule has 0 aliphatic heterocycles. The number of carbonyl (C=O) groups is 1. The highest BCUT2D eigenvalue weighted by Crippen LogP contribution is 2.42. The van der Waals surface area contributed by atoms with Gasteiger partial charge in [0.25, 0.3) is 0 Å². The molecule has 7 heteroatoms. The molecule has 1 aromatic carbocycles. The molecule has 1 heterocycles. The Labute approximate surface area is 133 Å². The van der Waals surface area contributed by atoms with Gasteiger partial charge < -0.3 is 4.52 Å². The highest BCUT2D eigenvalue weighted by Gasteiger charge is 2.33. The summed E-state index contributed by atoms with van der Waals surface area (Å²) in [4.78, 5) is 12.7. The minimum Gasteiger partial charge on any atom is -0.360 e. The third-order valence-corrected chi connectivity index (χ3v) is 4.59. The van der Waals surface area contributed by atoms with Gasteiger partial charge in [-0.3, -0.25) is 4.79 Å². The number of nitrogens with zero attached hydrogens (tertiary/aromatic N) is 1. The summed E-state index contributed by atoms with van der Waals surface area (Å²) in [5.41, 5.74) is 1.11. The fourth-order valence-electron chi connectivity index (χ4n) is 2.39. The van der Waals surface area contributed by atoms with Crippen molar-refractivity contribution in [1.29, 1.82) is 0 Å². The van der Waals surface area contributed by atoms with E-state index >= 15 is 0 Å². The fraction of sp³-hybridized carbons (Fsp3) is 0.333. The Balaban J connectivity index is 2.03. The fourth-order valence-corrected chi connectivity index (χ4v) is 3.39. The van der Waals surface area contributed by atoms with Crippen molar-refractivity contribution < 1.29 is 17.7 Å². The van der Waals surface area contributed by atoms with E-state index in [9.17, 15) is 13.2 Å². The average Bonchev–Trinajstić information content (AvgIpc) is 3.14. The van der Waals surface area contributed by atoms with Crippen LogP contribution in [0.3, 0.4) is 0 Å². The van der Waals surface area contributed by atoms with Crippen LogP contribution in [-0.4, -0.2) is 25.6 Å². The van der Waals surface area contributed by atoms with E-state index in [0.717, 1.165) is 19.1 Å². The zero-order chi connectivity index (χ0) is 15.9. The first kappa shape index (κ1) is 15.2. The van der Waals surface area contributed by atoms with Gasteiger partial charge in [-0.05, 0) is 36.6 Å². The van der Waals surface area contributed by atoms with Gasteiger partial charge in [-0.25, -0.2) is 8.42 Å². The van der Waals surface area contributed by atoms with Crippen LogP contribution in [0.2, 0.25) is 5.02 Å². The molecule has 0 amide bonds. The van der Waals surface area contributed by atoms with Gasteiger partial charge in [-0.1, -0.05) is 16.8 Å². The van der Waals surface area contributed by atoms with Crippen LogP contribution in [0.25, 0.3) is 0 Å². The molecule has 116 valence electrons. The van der Waals surface area contributed by atoms with E-state index in [1.807, 2.05) is 0 Å². The molecule has 5 nitrogen and oxygen atoms in total. The molecule has 0 atom stereocenters. The second kappa shape index (κ2) is 5.52. The summed E-state index contributed by atoms with van der Waals surface area (Å²) < 4.78 is 28.3. The summed E-state index contributed by atoms with van der Waals surface area (Å²) in [6.45, 7) is 0. The predicted octanol–water partition coefficient (Wildman–Crippen LogP) is 2.98. The van der Waals surface area contributed by atoms with Gasteiger partial charge in [0.15, 0.2) is 21.4 Å². The quantitative estimate of drug-likeness (QED) is 0.782. The van der Waals surface area contributed by atoms with E-state index in [2.05, 4.69) is 5.16 Å². The topological polar surface area (TPSA) is 77.2 Å². The highest BCUT2D eigenvalue weighted by molar-refractivity contribution is 7.89. The minimum atomic E-state index is -3.28. The van der Waals surface area contributed by atoms with Gasteiger partial charge in [0.05, 0.1) is 17.5 Å². The van der Waals surface area contributed by atoms with Gasteiger partial charge in [0, 0.05) is 22.8 Å². The summed E-state index contributed by atoms with van der Waals surface area (Å²) in [6.07, 6.45) is 4.48. The molecule has 0 spiro atoms. The standard InChI is InChI=1S/C15H14ClNO4S/c1-22(19,20)8-10-6-11(16)4-5-12(10)14(18)13-7-17-21-15(13)9-2-3-9/h4-7,9H,2-3,8H2,1H3. The molecule has 1 aliphatic rings. The van der Waals surface area contributed by atoms with E-state index in [1.165, 1.54) is 12.3 Å². The summed E-state index contributed by atoms with van der Waals surface area (Å²) in [5, 5.41) is 4.10. The Morgan fingerprint density at radius 2 is 2.09 bits per heavy atom. The van der Waals surface area contributed by atoms with Crippen molar-refractivity contribution >= 4 is 27.2 Å². The molecular weight excluding hydrogens is 326 g/mol. The predicted molar refractivity (Wildman–Crippen MR) is 81.9 cm³/mol. The smallest absolute Gasteiger partial charge is 0.198 e. The van der Waals surface area contributed by atoms with Crippen LogP contribution in [-0.2, 0) is 15.6 Å². The van der Waals surface area contributed by atoms with Gasteiger partial charge in [0.1, 0.15) is 0 Å². The largest absolute Gasteiger partial charge is 0.360 e. The molecule has 1 saturated carbocycles. The molecular formula is C15H14ClNO4S. The van der Waals surface area contributed by atoms with Gasteiger partial charge in [0.2, 0.25) is 0 Å². The van der Waals surface area contributed by atoms with E-state index in [1.54, 1.807) is 12.1 Å². The first-order chi connectivity index (χ1) is 10.3. The number of hydrogen-bond acceptors (Lipinski definition) is 5. The number of ketones is 1. The highest BCUT2D eigenvalue weighted by atomic mass is 35.5. The van der Waals surface area contributed by atoms with Gasteiger partial charge >= 0.3 is 0 Å². The molecule has 0 unspecified atom stereocenters. The molecule has 2 aromatic rings. The lowest BCUT2D eigenvalue weighted by molar-refractivity contribution is 0.103. The number of benzene rings is 1. The normalized spacial score (nSPS) is 15.0. The van der Waals surface area contributed by atoms with E-state index in [-0.39, 0.29) is 17.5 Å². The lowest BCUT2D eigenvalue weighted by Gasteiger charge is -2.08. The lowest BCUT2D eigenvalue weighted by atomic mass is 9.98. The third kappa shape index (κ3) is 3.23. The van der Waals surface area contributed by atoms with Crippen LogP contribution in [0, 0.1) is 0 Å². The first-order valence-electron chi connectivity index (χ1n) is 6.80. The molecule has 0 radical (unpaired) electrons. The summed E-state index contributed by atoms with van der Waals surface area (Å²) in [6, 6.07) is 4.64. The Morgan fingerprint density at radius 3 is 2.73 bits per heavy atom.